The maximum Gasteiger partial charge on any atom is 0.317 e. The molecule has 2 fully saturated rings. The number of ketones is 1. The van der Waals surface area contributed by atoms with Gasteiger partial charge in [-0.2, -0.15) is 0 Å². The van der Waals surface area contributed by atoms with Crippen molar-refractivity contribution in [2.75, 3.05) is 26.2 Å². The lowest BCUT2D eigenvalue weighted by Gasteiger charge is -2.30. The fraction of sp³-hybridized carbons (Fsp3) is 0.579. The highest BCUT2D eigenvalue weighted by Crippen LogP contribution is 2.27. The van der Waals surface area contributed by atoms with Gasteiger partial charge in [0.2, 0.25) is 0 Å². The van der Waals surface area contributed by atoms with E-state index in [1.54, 1.807) is 0 Å². The van der Waals surface area contributed by atoms with Gasteiger partial charge in [0.25, 0.3) is 0 Å². The van der Waals surface area contributed by atoms with Gasteiger partial charge in [-0.25, -0.2) is 0 Å². The minimum atomic E-state index is -0.808. The molecule has 130 valence electrons. The summed E-state index contributed by atoms with van der Waals surface area (Å²) in [5.41, 5.74) is 0.725. The van der Waals surface area contributed by atoms with E-state index in [1.807, 2.05) is 29.2 Å². The number of rotatable bonds is 7. The molecule has 24 heavy (non-hydrogen) atoms. The molecule has 1 aliphatic heterocycles. The van der Waals surface area contributed by atoms with Gasteiger partial charge in [0.1, 0.15) is 5.75 Å². The first-order valence-electron chi connectivity index (χ1n) is 8.83. The molecule has 3 rings (SSSR count). The largest absolute Gasteiger partial charge is 0.493 e. The Bertz CT molecular complexity index is 572. The van der Waals surface area contributed by atoms with Gasteiger partial charge in [0.05, 0.1) is 13.2 Å². The molecule has 5 heteroatoms. The Kier molecular flexibility index (Phi) is 5.51. The molecule has 1 aromatic carbocycles. The molecule has 0 bridgehead atoms. The first-order valence-corrected chi connectivity index (χ1v) is 8.83. The molecule has 0 unspecified atom stereocenters. The van der Waals surface area contributed by atoms with Gasteiger partial charge >= 0.3 is 5.97 Å². The van der Waals surface area contributed by atoms with Crippen LogP contribution in [0.25, 0.3) is 0 Å². The minimum Gasteiger partial charge on any atom is -0.493 e. The van der Waals surface area contributed by atoms with Crippen LogP contribution in [0.15, 0.2) is 24.3 Å². The number of carboxylic acid groups (broad SMARTS) is 1. The number of hydrogen-bond acceptors (Lipinski definition) is 4. The normalized spacial score (nSPS) is 19.7. The summed E-state index contributed by atoms with van der Waals surface area (Å²) < 4.78 is 5.77. The van der Waals surface area contributed by atoms with E-state index in [-0.39, 0.29) is 18.2 Å². The predicted molar refractivity (Wildman–Crippen MR) is 90.4 cm³/mol. The third-order valence-electron chi connectivity index (χ3n) is 5.17. The number of carbonyl (C=O) groups is 2. The van der Waals surface area contributed by atoms with Crippen LogP contribution in [-0.4, -0.2) is 48.0 Å². The zero-order valence-electron chi connectivity index (χ0n) is 13.9. The van der Waals surface area contributed by atoms with Gasteiger partial charge in [0, 0.05) is 11.5 Å². The van der Waals surface area contributed by atoms with Crippen LogP contribution in [0.3, 0.4) is 0 Å². The number of carbonyl (C=O) groups excluding carboxylic acids is 1. The quantitative estimate of drug-likeness (QED) is 0.778. The second-order valence-corrected chi connectivity index (χ2v) is 6.94. The molecule has 2 aliphatic rings. The Labute approximate surface area is 142 Å². The van der Waals surface area contributed by atoms with Crippen molar-refractivity contribution < 1.29 is 19.4 Å². The summed E-state index contributed by atoms with van der Waals surface area (Å²) in [6.45, 7) is 2.18. The van der Waals surface area contributed by atoms with Crippen LogP contribution >= 0.6 is 0 Å². The summed E-state index contributed by atoms with van der Waals surface area (Å²) in [5.74, 6) is 0.876. The number of ether oxygens (including phenoxy) is 1. The molecule has 0 amide bonds. The smallest absolute Gasteiger partial charge is 0.317 e. The van der Waals surface area contributed by atoms with Crippen molar-refractivity contribution in [1.82, 2.24) is 4.90 Å². The van der Waals surface area contributed by atoms with Crippen LogP contribution in [-0.2, 0) is 4.79 Å². The molecule has 0 spiro atoms. The highest BCUT2D eigenvalue weighted by Gasteiger charge is 2.26. The molecule has 0 aromatic heterocycles. The summed E-state index contributed by atoms with van der Waals surface area (Å²) in [5, 5.41) is 8.82. The van der Waals surface area contributed by atoms with Crippen LogP contribution in [0, 0.1) is 11.8 Å². The Morgan fingerprint density at radius 3 is 2.29 bits per heavy atom. The molecule has 0 atom stereocenters. The van der Waals surface area contributed by atoms with Crippen LogP contribution in [0.1, 0.15) is 42.5 Å². The molecule has 1 aliphatic carbocycles. The molecule has 1 aromatic rings. The number of aliphatic carboxylic acids is 1. The average Bonchev–Trinajstić information content (AvgIpc) is 2.53. The monoisotopic (exact) mass is 331 g/mol. The maximum absolute atomic E-state index is 12.6. The SMILES string of the molecule is O=C(O)CN1CCC(C(=O)c2ccc(OCC3CCC3)cc2)CC1. The van der Waals surface area contributed by atoms with Crippen LogP contribution in [0.2, 0.25) is 0 Å². The van der Waals surface area contributed by atoms with Crippen LogP contribution < -0.4 is 4.74 Å². The van der Waals surface area contributed by atoms with Crippen molar-refractivity contribution in [2.24, 2.45) is 11.8 Å². The third kappa shape index (κ3) is 4.35. The molecule has 1 saturated heterocycles. The summed E-state index contributed by atoms with van der Waals surface area (Å²) in [7, 11) is 0. The van der Waals surface area contributed by atoms with Crippen LogP contribution in [0.4, 0.5) is 0 Å². The molecule has 5 nitrogen and oxygen atoms in total. The standard InChI is InChI=1S/C19H25NO4/c21-18(22)12-20-10-8-16(9-11-20)19(23)15-4-6-17(7-5-15)24-13-14-2-1-3-14/h4-7,14,16H,1-3,8-13H2,(H,21,22). The number of Topliss-reactive ketones (excluding diaryl/α,β-unsaturated/α-hetero) is 1. The Morgan fingerprint density at radius 1 is 1.08 bits per heavy atom. The lowest BCUT2D eigenvalue weighted by Crippen LogP contribution is -2.39. The van der Waals surface area contributed by atoms with Gasteiger partial charge in [-0.05, 0) is 69.0 Å². The minimum absolute atomic E-state index is 0.00297. The van der Waals surface area contributed by atoms with Gasteiger partial charge in [-0.1, -0.05) is 6.42 Å². The number of likely N-dealkylation sites (tertiary alicyclic amines) is 1. The predicted octanol–water partition coefficient (Wildman–Crippen LogP) is 2.84. The van der Waals surface area contributed by atoms with Gasteiger partial charge < -0.3 is 9.84 Å². The average molecular weight is 331 g/mol. The van der Waals surface area contributed by atoms with Gasteiger partial charge in [0.15, 0.2) is 5.78 Å². The van der Waals surface area contributed by atoms with E-state index in [0.29, 0.717) is 19.0 Å². The van der Waals surface area contributed by atoms with E-state index in [0.717, 1.165) is 30.8 Å². The second kappa shape index (κ2) is 7.79. The molecule has 1 heterocycles. The van der Waals surface area contributed by atoms with Crippen molar-refractivity contribution >= 4 is 11.8 Å². The fourth-order valence-corrected chi connectivity index (χ4v) is 3.37. The summed E-state index contributed by atoms with van der Waals surface area (Å²) in [6.07, 6.45) is 5.29. The zero-order chi connectivity index (χ0) is 16.9. The van der Waals surface area contributed by atoms with Crippen molar-refractivity contribution in [3.63, 3.8) is 0 Å². The number of nitrogens with zero attached hydrogens (tertiary/aromatic N) is 1. The summed E-state index contributed by atoms with van der Waals surface area (Å²) >= 11 is 0. The highest BCUT2D eigenvalue weighted by atomic mass is 16.5. The Morgan fingerprint density at radius 2 is 1.75 bits per heavy atom. The van der Waals surface area contributed by atoms with E-state index in [1.165, 1.54) is 19.3 Å². The summed E-state index contributed by atoms with van der Waals surface area (Å²) in [4.78, 5) is 25.2. The van der Waals surface area contributed by atoms with Gasteiger partial charge in [-0.15, -0.1) is 0 Å². The fourth-order valence-electron chi connectivity index (χ4n) is 3.37. The van der Waals surface area contributed by atoms with E-state index in [4.69, 9.17) is 9.84 Å². The highest BCUT2D eigenvalue weighted by molar-refractivity contribution is 5.98. The van der Waals surface area contributed by atoms with E-state index in [9.17, 15) is 9.59 Å². The van der Waals surface area contributed by atoms with Crippen molar-refractivity contribution in [3.05, 3.63) is 29.8 Å². The number of carboxylic acids is 1. The maximum atomic E-state index is 12.6. The van der Waals surface area contributed by atoms with Crippen LogP contribution in [0.5, 0.6) is 5.75 Å². The molecular weight excluding hydrogens is 306 g/mol. The second-order valence-electron chi connectivity index (χ2n) is 6.94. The van der Waals surface area contributed by atoms with E-state index < -0.39 is 5.97 Å². The Balaban J connectivity index is 1.48. The van der Waals surface area contributed by atoms with Crippen molar-refractivity contribution in [2.45, 2.75) is 32.1 Å². The van der Waals surface area contributed by atoms with Gasteiger partial charge in [-0.3, -0.25) is 14.5 Å². The molecule has 0 radical (unpaired) electrons. The lowest BCUT2D eigenvalue weighted by molar-refractivity contribution is -0.138. The number of hydrogen-bond donors (Lipinski definition) is 1. The molecule has 1 N–H and O–H groups in total. The first kappa shape index (κ1) is 17.0. The first-order chi connectivity index (χ1) is 11.6. The molecular formula is C19H25NO4. The Hall–Kier alpha value is -1.88. The van der Waals surface area contributed by atoms with Crippen molar-refractivity contribution in [3.8, 4) is 5.75 Å². The van der Waals surface area contributed by atoms with Crippen molar-refractivity contribution in [1.29, 1.82) is 0 Å². The van der Waals surface area contributed by atoms with E-state index in [2.05, 4.69) is 0 Å². The zero-order valence-corrected chi connectivity index (χ0v) is 13.9. The lowest BCUT2D eigenvalue weighted by atomic mass is 9.86. The number of benzene rings is 1. The molecule has 1 saturated carbocycles. The summed E-state index contributed by atoms with van der Waals surface area (Å²) in [6, 6.07) is 7.46. The number of piperidine rings is 1. The van der Waals surface area contributed by atoms with E-state index >= 15 is 0 Å². The third-order valence-corrected chi connectivity index (χ3v) is 5.17. The topological polar surface area (TPSA) is 66.8 Å².